The van der Waals surface area contributed by atoms with Crippen molar-refractivity contribution in [2.45, 2.75) is 44.6 Å². The minimum Gasteiger partial charge on any atom is -0.387 e. The molecule has 1 rings (SSSR count). The Hall–Kier alpha value is -1.03. The van der Waals surface area contributed by atoms with E-state index in [2.05, 4.69) is 0 Å². The van der Waals surface area contributed by atoms with Gasteiger partial charge in [-0.3, -0.25) is 4.39 Å². The van der Waals surface area contributed by atoms with Gasteiger partial charge in [-0.1, -0.05) is 31.2 Å². The summed E-state index contributed by atoms with van der Waals surface area (Å²) in [6.07, 6.45) is -5.57. The van der Waals surface area contributed by atoms with E-state index in [9.17, 15) is 18.3 Å². The third-order valence-corrected chi connectivity index (χ3v) is 3.42. The number of hydrogen-bond acceptors (Lipinski definition) is 1. The molecule has 0 spiro atoms. The summed E-state index contributed by atoms with van der Waals surface area (Å²) in [5.41, 5.74) is -0.357. The van der Waals surface area contributed by atoms with Gasteiger partial charge in [-0.05, 0) is 25.0 Å². The van der Waals surface area contributed by atoms with Crippen LogP contribution in [0.25, 0.3) is 0 Å². The lowest BCUT2D eigenvalue weighted by Gasteiger charge is -2.35. The predicted octanol–water partition coefficient (Wildman–Crippen LogP) is 3.28. The molecule has 1 aromatic rings. The summed E-state index contributed by atoms with van der Waals surface area (Å²) in [6, 6.07) is 6.78. The average molecular weight is 260 g/mol. The molecular formula is C14H19F3O. The van der Waals surface area contributed by atoms with E-state index >= 15 is 0 Å². The average Bonchev–Trinajstić information content (AvgIpc) is 2.36. The van der Waals surface area contributed by atoms with Gasteiger partial charge in [0.2, 0.25) is 0 Å². The lowest BCUT2D eigenvalue weighted by Crippen LogP contribution is -2.47. The molecule has 0 saturated carbocycles. The molecule has 0 aliphatic heterocycles. The molecule has 1 nitrogen and oxygen atoms in total. The molecule has 0 amide bonds. The van der Waals surface area contributed by atoms with E-state index in [-0.39, 0.29) is 0 Å². The zero-order valence-corrected chi connectivity index (χ0v) is 10.8. The number of rotatable bonds is 5. The highest BCUT2D eigenvalue weighted by atomic mass is 19.2. The van der Waals surface area contributed by atoms with Crippen molar-refractivity contribution in [3.05, 3.63) is 35.4 Å². The molecule has 0 fully saturated rings. The molecule has 1 aromatic carbocycles. The molecule has 0 saturated heterocycles. The molecule has 0 aliphatic carbocycles. The maximum atomic E-state index is 14.2. The number of aliphatic hydroxyl groups excluding tert-OH is 1. The number of alkyl halides is 3. The molecule has 0 bridgehead atoms. The minimum absolute atomic E-state index is 0.458. The topological polar surface area (TPSA) is 20.2 Å². The first-order valence-corrected chi connectivity index (χ1v) is 5.93. The van der Waals surface area contributed by atoms with Crippen LogP contribution in [0.4, 0.5) is 13.2 Å². The molecule has 0 heterocycles. The van der Waals surface area contributed by atoms with Crippen molar-refractivity contribution < 1.29 is 18.3 Å². The van der Waals surface area contributed by atoms with Crippen LogP contribution in [0.1, 0.15) is 25.0 Å². The van der Waals surface area contributed by atoms with Crippen LogP contribution in [-0.4, -0.2) is 30.2 Å². The lowest BCUT2D eigenvalue weighted by atomic mass is 9.75. The molecule has 0 aromatic heterocycles. The number of hydrogen-bond donors (Lipinski definition) is 1. The number of aryl methyl sites for hydroxylation is 1. The normalized spacial score (nSPS) is 19.9. The van der Waals surface area contributed by atoms with Gasteiger partial charge in [-0.2, -0.15) is 0 Å². The van der Waals surface area contributed by atoms with Gasteiger partial charge in [0.15, 0.2) is 0 Å². The van der Waals surface area contributed by atoms with Crippen LogP contribution in [0.15, 0.2) is 24.3 Å². The fourth-order valence-electron chi connectivity index (χ4n) is 2.12. The second-order valence-corrected chi connectivity index (χ2v) is 4.94. The smallest absolute Gasteiger partial charge is 0.141 e. The van der Waals surface area contributed by atoms with Gasteiger partial charge in [0, 0.05) is 0 Å². The number of aliphatic hydroxyl groups is 1. The Kier molecular flexibility index (Phi) is 4.79. The molecule has 18 heavy (non-hydrogen) atoms. The Morgan fingerprint density at radius 1 is 1.28 bits per heavy atom. The zero-order chi connectivity index (χ0) is 13.9. The van der Waals surface area contributed by atoms with Crippen molar-refractivity contribution in [2.24, 2.45) is 0 Å². The second kappa shape index (κ2) is 5.74. The summed E-state index contributed by atoms with van der Waals surface area (Å²) in [5, 5.41) is 9.50. The summed E-state index contributed by atoms with van der Waals surface area (Å²) >= 11 is 0. The number of halogens is 3. The first kappa shape index (κ1) is 15.0. The van der Waals surface area contributed by atoms with Crippen LogP contribution in [0.3, 0.4) is 0 Å². The summed E-state index contributed by atoms with van der Waals surface area (Å²) in [5.74, 6) is 0. The third-order valence-electron chi connectivity index (χ3n) is 3.42. The van der Waals surface area contributed by atoms with Crippen molar-refractivity contribution in [3.63, 3.8) is 0 Å². The Bertz CT molecular complexity index is 394. The summed E-state index contributed by atoms with van der Waals surface area (Å²) in [4.78, 5) is 0. The highest BCUT2D eigenvalue weighted by Gasteiger charge is 2.43. The second-order valence-electron chi connectivity index (χ2n) is 4.94. The molecule has 102 valence electrons. The summed E-state index contributed by atoms with van der Waals surface area (Å²) < 4.78 is 40.6. The third kappa shape index (κ3) is 2.69. The molecule has 0 radical (unpaired) electrons. The first-order chi connectivity index (χ1) is 8.34. The molecule has 4 atom stereocenters. The quantitative estimate of drug-likeness (QED) is 0.861. The molecule has 0 aliphatic rings. The fourth-order valence-corrected chi connectivity index (χ4v) is 2.12. The lowest BCUT2D eigenvalue weighted by molar-refractivity contribution is -0.0203. The van der Waals surface area contributed by atoms with E-state index in [0.717, 1.165) is 12.5 Å². The molecule has 4 unspecified atom stereocenters. The fraction of sp³-hybridized carbons (Fsp3) is 0.571. The van der Waals surface area contributed by atoms with Crippen LogP contribution in [0, 0.1) is 6.92 Å². The molecule has 1 N–H and O–H groups in total. The van der Waals surface area contributed by atoms with Crippen molar-refractivity contribution in [1.29, 1.82) is 0 Å². The van der Waals surface area contributed by atoms with Crippen LogP contribution < -0.4 is 0 Å². The molecule has 4 heteroatoms. The van der Waals surface area contributed by atoms with Gasteiger partial charge in [-0.25, -0.2) is 8.78 Å². The number of benzene rings is 1. The SMILES string of the molecule is Cc1ccccc1C(C)(CF)C(F)C(O)C(C)F. The highest BCUT2D eigenvalue weighted by molar-refractivity contribution is 5.34. The van der Waals surface area contributed by atoms with Gasteiger partial charge in [-0.15, -0.1) is 0 Å². The van der Waals surface area contributed by atoms with Crippen molar-refractivity contribution >= 4 is 0 Å². The summed E-state index contributed by atoms with van der Waals surface area (Å²) in [7, 11) is 0. The summed E-state index contributed by atoms with van der Waals surface area (Å²) in [6.45, 7) is 3.17. The van der Waals surface area contributed by atoms with Crippen molar-refractivity contribution in [1.82, 2.24) is 0 Å². The van der Waals surface area contributed by atoms with Crippen LogP contribution in [-0.2, 0) is 5.41 Å². The van der Waals surface area contributed by atoms with Gasteiger partial charge in [0.25, 0.3) is 0 Å². The van der Waals surface area contributed by atoms with E-state index in [1.807, 2.05) is 0 Å². The van der Waals surface area contributed by atoms with Crippen LogP contribution in [0.5, 0.6) is 0 Å². The van der Waals surface area contributed by atoms with Crippen molar-refractivity contribution in [2.75, 3.05) is 6.67 Å². The van der Waals surface area contributed by atoms with Gasteiger partial charge in [0.1, 0.15) is 25.1 Å². The van der Waals surface area contributed by atoms with Crippen LogP contribution in [0.2, 0.25) is 0 Å². The zero-order valence-electron chi connectivity index (χ0n) is 10.8. The maximum Gasteiger partial charge on any atom is 0.141 e. The molecular weight excluding hydrogens is 241 g/mol. The van der Waals surface area contributed by atoms with Crippen LogP contribution >= 0.6 is 0 Å². The Morgan fingerprint density at radius 3 is 2.28 bits per heavy atom. The van der Waals surface area contributed by atoms with Crippen molar-refractivity contribution in [3.8, 4) is 0 Å². The standard InChI is InChI=1S/C14H19F3O/c1-9-6-4-5-7-11(9)14(3,8-15)13(17)12(18)10(2)16/h4-7,10,12-13,18H,8H2,1-3H3. The first-order valence-electron chi connectivity index (χ1n) is 5.93. The maximum absolute atomic E-state index is 14.2. The van der Waals surface area contributed by atoms with E-state index in [1.165, 1.54) is 6.92 Å². The highest BCUT2D eigenvalue weighted by Crippen LogP contribution is 2.35. The largest absolute Gasteiger partial charge is 0.387 e. The Balaban J connectivity index is 3.17. The Morgan fingerprint density at radius 2 is 1.83 bits per heavy atom. The van der Waals surface area contributed by atoms with E-state index in [1.54, 1.807) is 31.2 Å². The predicted molar refractivity (Wildman–Crippen MR) is 66.0 cm³/mol. The monoisotopic (exact) mass is 260 g/mol. The minimum atomic E-state index is -2.00. The van der Waals surface area contributed by atoms with E-state index < -0.39 is 30.5 Å². The van der Waals surface area contributed by atoms with Gasteiger partial charge >= 0.3 is 0 Å². The van der Waals surface area contributed by atoms with E-state index in [0.29, 0.717) is 5.56 Å². The van der Waals surface area contributed by atoms with Gasteiger partial charge < -0.3 is 5.11 Å². The Labute approximate surface area is 106 Å². The van der Waals surface area contributed by atoms with Gasteiger partial charge in [0.05, 0.1) is 5.41 Å². The van der Waals surface area contributed by atoms with E-state index in [4.69, 9.17) is 0 Å².